The second-order valence-electron chi connectivity index (χ2n) is 8.13. The van der Waals surface area contributed by atoms with Crippen LogP contribution in [0.15, 0.2) is 48.5 Å². The van der Waals surface area contributed by atoms with E-state index in [1.165, 1.54) is 17.0 Å². The Morgan fingerprint density at radius 1 is 1.03 bits per heavy atom. The molecule has 0 N–H and O–H groups in total. The largest absolute Gasteiger partial charge is 0.456 e. The van der Waals surface area contributed by atoms with Crippen LogP contribution >= 0.6 is 0 Å². The third-order valence-electron chi connectivity index (χ3n) is 4.66. The molecule has 0 aromatic heterocycles. The smallest absolute Gasteiger partial charge is 0.411 e. The minimum absolute atomic E-state index is 0.205. The van der Waals surface area contributed by atoms with Gasteiger partial charge in [-0.25, -0.2) is 14.0 Å². The second kappa shape index (κ2) is 8.65. The summed E-state index contributed by atoms with van der Waals surface area (Å²) < 4.78 is 23.7. The van der Waals surface area contributed by atoms with Gasteiger partial charge in [-0.1, -0.05) is 24.3 Å². The van der Waals surface area contributed by atoms with Gasteiger partial charge in [0.1, 0.15) is 17.5 Å². The van der Waals surface area contributed by atoms with E-state index < -0.39 is 41.9 Å². The lowest BCUT2D eigenvalue weighted by atomic mass is 9.94. The predicted molar refractivity (Wildman–Crippen MR) is 107 cm³/mol. The van der Waals surface area contributed by atoms with Gasteiger partial charge in [-0.15, -0.1) is 0 Å². The van der Waals surface area contributed by atoms with Crippen molar-refractivity contribution in [2.75, 3.05) is 6.61 Å². The van der Waals surface area contributed by atoms with Crippen molar-refractivity contribution in [2.45, 2.75) is 45.4 Å². The molecular formula is C23H24FNO5. The van der Waals surface area contributed by atoms with Crippen molar-refractivity contribution >= 4 is 17.8 Å². The second-order valence-corrected chi connectivity index (χ2v) is 8.13. The van der Waals surface area contributed by atoms with Gasteiger partial charge in [-0.2, -0.15) is 0 Å². The van der Waals surface area contributed by atoms with Crippen LogP contribution in [0.1, 0.15) is 42.3 Å². The Morgan fingerprint density at radius 2 is 1.67 bits per heavy atom. The van der Waals surface area contributed by atoms with E-state index in [9.17, 15) is 18.8 Å². The number of carbonyl (C=O) groups is 3. The fourth-order valence-corrected chi connectivity index (χ4v) is 3.20. The Morgan fingerprint density at radius 3 is 2.30 bits per heavy atom. The van der Waals surface area contributed by atoms with Gasteiger partial charge in [-0.05, 0) is 56.2 Å². The van der Waals surface area contributed by atoms with Crippen LogP contribution in [-0.4, -0.2) is 41.0 Å². The zero-order chi connectivity index (χ0) is 21.9. The summed E-state index contributed by atoms with van der Waals surface area (Å²) >= 11 is 0. The van der Waals surface area contributed by atoms with E-state index in [2.05, 4.69) is 0 Å². The number of esters is 1. The summed E-state index contributed by atoms with van der Waals surface area (Å²) in [5.41, 5.74) is 1.38. The zero-order valence-corrected chi connectivity index (χ0v) is 17.2. The first-order valence-corrected chi connectivity index (χ1v) is 9.66. The highest BCUT2D eigenvalue weighted by atomic mass is 19.1. The van der Waals surface area contributed by atoms with E-state index in [1.807, 2.05) is 24.3 Å². The third kappa shape index (κ3) is 5.23. The highest BCUT2D eigenvalue weighted by Gasteiger charge is 2.38. The lowest BCUT2D eigenvalue weighted by Gasteiger charge is -2.36. The van der Waals surface area contributed by atoms with Crippen LogP contribution < -0.4 is 0 Å². The quantitative estimate of drug-likeness (QED) is 0.561. The average Bonchev–Trinajstić information content (AvgIpc) is 2.70. The number of ketones is 1. The monoisotopic (exact) mass is 413 g/mol. The lowest BCUT2D eigenvalue weighted by molar-refractivity contribution is -0.149. The molecule has 0 aliphatic carbocycles. The van der Waals surface area contributed by atoms with Crippen LogP contribution in [0, 0.1) is 5.82 Å². The summed E-state index contributed by atoms with van der Waals surface area (Å²) in [7, 11) is 0. The van der Waals surface area contributed by atoms with Crippen molar-refractivity contribution < 1.29 is 28.2 Å². The molecule has 0 bridgehead atoms. The molecule has 3 rings (SSSR count). The Hall–Kier alpha value is -3.22. The number of ether oxygens (including phenoxy) is 2. The summed E-state index contributed by atoms with van der Waals surface area (Å²) in [6.07, 6.45) is -0.359. The fraction of sp³-hybridized carbons (Fsp3) is 0.348. The van der Waals surface area contributed by atoms with Crippen molar-refractivity contribution in [3.8, 4) is 0 Å². The molecule has 7 heteroatoms. The molecule has 1 atom stereocenters. The number of hydrogen-bond donors (Lipinski definition) is 0. The fourth-order valence-electron chi connectivity index (χ4n) is 3.20. The third-order valence-corrected chi connectivity index (χ3v) is 4.66. The van der Waals surface area contributed by atoms with E-state index in [4.69, 9.17) is 9.47 Å². The molecule has 1 heterocycles. The molecule has 0 fully saturated rings. The molecule has 0 spiro atoms. The summed E-state index contributed by atoms with van der Waals surface area (Å²) in [5.74, 6) is -1.60. The number of fused-ring (bicyclic) bond motifs is 1. The van der Waals surface area contributed by atoms with Crippen LogP contribution in [0.25, 0.3) is 0 Å². The van der Waals surface area contributed by atoms with Crippen LogP contribution in [0.2, 0.25) is 0 Å². The van der Waals surface area contributed by atoms with Crippen LogP contribution in [-0.2, 0) is 27.2 Å². The maximum Gasteiger partial charge on any atom is 0.411 e. The molecule has 30 heavy (non-hydrogen) atoms. The maximum absolute atomic E-state index is 13.0. The molecule has 158 valence electrons. The normalized spacial score (nSPS) is 15.9. The number of rotatable bonds is 4. The molecule has 0 unspecified atom stereocenters. The number of nitrogens with zero attached hydrogens (tertiary/aromatic N) is 1. The summed E-state index contributed by atoms with van der Waals surface area (Å²) in [6, 6.07) is 11.6. The standard InChI is InChI=1S/C23H24FNO5/c1-23(2,3)30-22(28)25-13-17-7-5-4-6-16(17)12-19(25)21(27)29-14-20(26)15-8-10-18(24)11-9-15/h4-11,19H,12-14H2,1-3H3/t19-/m0/s1. The summed E-state index contributed by atoms with van der Waals surface area (Å²) in [6.45, 7) is 4.95. The first kappa shape index (κ1) is 21.5. The Balaban J connectivity index is 1.74. The molecule has 0 radical (unpaired) electrons. The molecule has 1 aliphatic rings. The van der Waals surface area contributed by atoms with Crippen molar-refractivity contribution in [2.24, 2.45) is 0 Å². The van der Waals surface area contributed by atoms with Crippen LogP contribution in [0.5, 0.6) is 0 Å². The van der Waals surface area contributed by atoms with E-state index >= 15 is 0 Å². The van der Waals surface area contributed by atoms with Crippen molar-refractivity contribution in [3.63, 3.8) is 0 Å². The highest BCUT2D eigenvalue weighted by molar-refractivity contribution is 5.98. The average molecular weight is 413 g/mol. The van der Waals surface area contributed by atoms with Gasteiger partial charge >= 0.3 is 12.1 Å². The van der Waals surface area contributed by atoms with E-state index in [0.717, 1.165) is 23.3 Å². The van der Waals surface area contributed by atoms with E-state index in [1.54, 1.807) is 20.8 Å². The molecule has 1 amide bonds. The van der Waals surface area contributed by atoms with Gasteiger partial charge in [-0.3, -0.25) is 9.69 Å². The number of Topliss-reactive ketones (excluding diaryl/α,β-unsaturated/α-hetero) is 1. The molecule has 2 aromatic rings. The van der Waals surface area contributed by atoms with Crippen LogP contribution in [0.3, 0.4) is 0 Å². The number of carbonyl (C=O) groups excluding carboxylic acids is 3. The molecule has 0 saturated heterocycles. The van der Waals surface area contributed by atoms with Crippen molar-refractivity contribution in [3.05, 3.63) is 71.0 Å². The van der Waals surface area contributed by atoms with Gasteiger partial charge < -0.3 is 9.47 Å². The number of benzene rings is 2. The molecule has 6 nitrogen and oxygen atoms in total. The SMILES string of the molecule is CC(C)(C)OC(=O)N1Cc2ccccc2C[C@H]1C(=O)OCC(=O)c1ccc(F)cc1. The number of amides is 1. The number of halogens is 1. The van der Waals surface area contributed by atoms with Gasteiger partial charge in [0.2, 0.25) is 0 Å². The lowest BCUT2D eigenvalue weighted by Crippen LogP contribution is -2.51. The van der Waals surface area contributed by atoms with E-state index in [-0.39, 0.29) is 18.5 Å². The topological polar surface area (TPSA) is 72.9 Å². The Labute approximate surface area is 174 Å². The van der Waals surface area contributed by atoms with Crippen molar-refractivity contribution in [1.29, 1.82) is 0 Å². The Bertz CT molecular complexity index is 949. The van der Waals surface area contributed by atoms with E-state index in [0.29, 0.717) is 0 Å². The minimum atomic E-state index is -0.907. The highest BCUT2D eigenvalue weighted by Crippen LogP contribution is 2.26. The molecule has 2 aromatic carbocycles. The van der Waals surface area contributed by atoms with Gasteiger partial charge in [0, 0.05) is 12.0 Å². The minimum Gasteiger partial charge on any atom is -0.456 e. The predicted octanol–water partition coefficient (Wildman–Crippen LogP) is 3.91. The maximum atomic E-state index is 13.0. The van der Waals surface area contributed by atoms with Gasteiger partial charge in [0.15, 0.2) is 12.4 Å². The molecule has 1 aliphatic heterocycles. The van der Waals surface area contributed by atoms with Gasteiger partial charge in [0.25, 0.3) is 0 Å². The summed E-state index contributed by atoms with van der Waals surface area (Å²) in [5, 5.41) is 0. The van der Waals surface area contributed by atoms with Crippen molar-refractivity contribution in [1.82, 2.24) is 4.90 Å². The first-order valence-electron chi connectivity index (χ1n) is 9.66. The molecular weight excluding hydrogens is 389 g/mol. The van der Waals surface area contributed by atoms with Gasteiger partial charge in [0.05, 0.1) is 6.54 Å². The zero-order valence-electron chi connectivity index (χ0n) is 17.2. The number of hydrogen-bond acceptors (Lipinski definition) is 5. The molecule has 0 saturated carbocycles. The summed E-state index contributed by atoms with van der Waals surface area (Å²) in [4.78, 5) is 39.1. The first-order chi connectivity index (χ1) is 14.1. The Kier molecular flexibility index (Phi) is 6.20. The van der Waals surface area contributed by atoms with Crippen LogP contribution in [0.4, 0.5) is 9.18 Å².